The highest BCUT2D eigenvalue weighted by Crippen LogP contribution is 2.30. The van der Waals surface area contributed by atoms with Crippen LogP contribution in [0.3, 0.4) is 0 Å². The minimum atomic E-state index is -1.07. The number of carbonyl (C=O) groups is 2. The van der Waals surface area contributed by atoms with E-state index in [0.717, 1.165) is 11.5 Å². The van der Waals surface area contributed by atoms with Gasteiger partial charge in [0.2, 0.25) is 5.91 Å². The quantitative estimate of drug-likeness (QED) is 0.806. The molecule has 102 valence electrons. The highest BCUT2D eigenvalue weighted by atomic mass is 32.1. The molecule has 19 heavy (non-hydrogen) atoms. The molecule has 0 bridgehead atoms. The molecule has 2 atom stereocenters. The molecule has 0 aliphatic heterocycles. The fraction of sp³-hybridized carbons (Fsp3) is 0.417. The summed E-state index contributed by atoms with van der Waals surface area (Å²) in [6.45, 7) is 1.62. The lowest BCUT2D eigenvalue weighted by molar-refractivity contribution is -0.120. The zero-order chi connectivity index (χ0) is 14.2. The van der Waals surface area contributed by atoms with Crippen LogP contribution in [0, 0.1) is 12.8 Å². The molecular weight excluding hydrogens is 266 g/mol. The highest BCUT2D eigenvalue weighted by Gasteiger charge is 2.30. The Bertz CT molecular complexity index is 552. The normalized spacial score (nSPS) is 21.6. The molecule has 1 heterocycles. The minimum absolute atomic E-state index is 0.0899. The van der Waals surface area contributed by atoms with Crippen LogP contribution in [0.4, 0.5) is 5.00 Å². The molecular formula is C12H15N3O3S. The van der Waals surface area contributed by atoms with Crippen LogP contribution in [0.15, 0.2) is 12.2 Å². The van der Waals surface area contributed by atoms with Gasteiger partial charge in [0.05, 0.1) is 11.6 Å². The number of nitrogens with zero attached hydrogens (tertiary/aromatic N) is 2. The van der Waals surface area contributed by atoms with E-state index >= 15 is 0 Å². The Morgan fingerprint density at radius 3 is 2.74 bits per heavy atom. The summed E-state index contributed by atoms with van der Waals surface area (Å²) < 4.78 is 4.01. The lowest BCUT2D eigenvalue weighted by Gasteiger charge is -2.19. The Hall–Kier alpha value is -1.73. The van der Waals surface area contributed by atoms with Crippen molar-refractivity contribution in [1.29, 1.82) is 0 Å². The van der Waals surface area contributed by atoms with Gasteiger partial charge >= 0.3 is 5.97 Å². The first-order chi connectivity index (χ1) is 8.91. The van der Waals surface area contributed by atoms with Gasteiger partial charge < -0.3 is 15.7 Å². The van der Waals surface area contributed by atoms with E-state index in [-0.39, 0.29) is 23.4 Å². The van der Waals surface area contributed by atoms with Crippen molar-refractivity contribution in [3.8, 4) is 0 Å². The molecule has 0 spiro atoms. The van der Waals surface area contributed by atoms with Gasteiger partial charge in [-0.1, -0.05) is 12.2 Å². The SMILES string of the molecule is Cc1nsc(N(C)C(=O)C2C=CC(N)C2)c1C(=O)O. The molecule has 0 aromatic carbocycles. The summed E-state index contributed by atoms with van der Waals surface area (Å²) in [6, 6.07) is -0.107. The predicted molar refractivity (Wildman–Crippen MR) is 72.4 cm³/mol. The van der Waals surface area contributed by atoms with Crippen molar-refractivity contribution in [2.24, 2.45) is 11.7 Å². The molecule has 1 amide bonds. The predicted octanol–water partition coefficient (Wildman–Crippen LogP) is 1.02. The summed E-state index contributed by atoms with van der Waals surface area (Å²) >= 11 is 1.02. The molecule has 0 saturated heterocycles. The van der Waals surface area contributed by atoms with E-state index in [0.29, 0.717) is 17.1 Å². The summed E-state index contributed by atoms with van der Waals surface area (Å²) in [4.78, 5) is 24.8. The number of aryl methyl sites for hydroxylation is 1. The monoisotopic (exact) mass is 281 g/mol. The molecule has 2 rings (SSSR count). The number of carbonyl (C=O) groups excluding carboxylic acids is 1. The molecule has 1 aliphatic carbocycles. The summed E-state index contributed by atoms with van der Waals surface area (Å²) in [7, 11) is 1.57. The Labute approximate surface area is 114 Å². The summed E-state index contributed by atoms with van der Waals surface area (Å²) in [5, 5.41) is 9.53. The first-order valence-electron chi connectivity index (χ1n) is 5.83. The van der Waals surface area contributed by atoms with Crippen molar-refractivity contribution >= 4 is 28.4 Å². The van der Waals surface area contributed by atoms with Crippen LogP contribution < -0.4 is 10.6 Å². The van der Waals surface area contributed by atoms with E-state index in [2.05, 4.69) is 4.37 Å². The van der Waals surface area contributed by atoms with Crippen molar-refractivity contribution in [3.05, 3.63) is 23.4 Å². The number of amides is 1. The third-order valence-electron chi connectivity index (χ3n) is 3.13. The van der Waals surface area contributed by atoms with Crippen LogP contribution in [-0.4, -0.2) is 34.4 Å². The van der Waals surface area contributed by atoms with E-state index in [1.165, 1.54) is 4.90 Å². The fourth-order valence-electron chi connectivity index (χ4n) is 2.09. The average Bonchev–Trinajstić information content (AvgIpc) is 2.93. The largest absolute Gasteiger partial charge is 0.478 e. The Morgan fingerprint density at radius 1 is 1.53 bits per heavy atom. The van der Waals surface area contributed by atoms with Crippen LogP contribution in [0.1, 0.15) is 22.5 Å². The van der Waals surface area contributed by atoms with Crippen molar-refractivity contribution < 1.29 is 14.7 Å². The van der Waals surface area contributed by atoms with Gasteiger partial charge in [-0.05, 0) is 24.9 Å². The van der Waals surface area contributed by atoms with Gasteiger partial charge in [0.15, 0.2) is 0 Å². The third kappa shape index (κ3) is 2.52. The van der Waals surface area contributed by atoms with E-state index in [4.69, 9.17) is 10.8 Å². The number of aromatic nitrogens is 1. The Kier molecular flexibility index (Phi) is 3.68. The third-order valence-corrected chi connectivity index (χ3v) is 4.14. The second-order valence-electron chi connectivity index (χ2n) is 4.54. The fourth-order valence-corrected chi connectivity index (χ4v) is 2.95. The molecule has 0 fully saturated rings. The van der Waals surface area contributed by atoms with Crippen LogP contribution in [-0.2, 0) is 4.79 Å². The summed E-state index contributed by atoms with van der Waals surface area (Å²) in [5.41, 5.74) is 6.23. The van der Waals surface area contributed by atoms with Crippen LogP contribution in [0.2, 0.25) is 0 Å². The second kappa shape index (κ2) is 5.10. The molecule has 0 saturated carbocycles. The highest BCUT2D eigenvalue weighted by molar-refractivity contribution is 7.11. The van der Waals surface area contributed by atoms with Gasteiger partial charge in [-0.2, -0.15) is 4.37 Å². The van der Waals surface area contributed by atoms with Crippen molar-refractivity contribution in [1.82, 2.24) is 4.37 Å². The van der Waals surface area contributed by atoms with E-state index in [1.54, 1.807) is 26.1 Å². The van der Waals surface area contributed by atoms with Crippen molar-refractivity contribution in [2.45, 2.75) is 19.4 Å². The zero-order valence-electron chi connectivity index (χ0n) is 10.7. The molecule has 1 aromatic heterocycles. The van der Waals surface area contributed by atoms with E-state index in [1.807, 2.05) is 0 Å². The lowest BCUT2D eigenvalue weighted by Crippen LogP contribution is -2.33. The van der Waals surface area contributed by atoms with Crippen LogP contribution in [0.5, 0.6) is 0 Å². The van der Waals surface area contributed by atoms with Gasteiger partial charge in [0, 0.05) is 13.1 Å². The topological polar surface area (TPSA) is 96.5 Å². The van der Waals surface area contributed by atoms with E-state index in [9.17, 15) is 9.59 Å². The number of hydrogen-bond donors (Lipinski definition) is 2. The molecule has 6 nitrogen and oxygen atoms in total. The average molecular weight is 281 g/mol. The van der Waals surface area contributed by atoms with Gasteiger partial charge in [0.25, 0.3) is 0 Å². The number of carboxylic acids is 1. The molecule has 0 radical (unpaired) electrons. The van der Waals surface area contributed by atoms with Crippen LogP contribution in [0.25, 0.3) is 0 Å². The number of nitrogens with two attached hydrogens (primary N) is 1. The first kappa shape index (κ1) is 13.7. The lowest BCUT2D eigenvalue weighted by atomic mass is 10.1. The van der Waals surface area contributed by atoms with Gasteiger partial charge in [-0.25, -0.2) is 4.79 Å². The van der Waals surface area contributed by atoms with Gasteiger partial charge in [-0.15, -0.1) is 0 Å². The first-order valence-corrected chi connectivity index (χ1v) is 6.60. The zero-order valence-corrected chi connectivity index (χ0v) is 11.5. The molecule has 3 N–H and O–H groups in total. The number of anilines is 1. The van der Waals surface area contributed by atoms with Gasteiger partial charge in [-0.3, -0.25) is 4.79 Å². The maximum absolute atomic E-state index is 12.3. The number of hydrogen-bond acceptors (Lipinski definition) is 5. The minimum Gasteiger partial charge on any atom is -0.478 e. The van der Waals surface area contributed by atoms with Crippen molar-refractivity contribution in [3.63, 3.8) is 0 Å². The maximum atomic E-state index is 12.3. The van der Waals surface area contributed by atoms with Crippen molar-refractivity contribution in [2.75, 3.05) is 11.9 Å². The summed E-state index contributed by atoms with van der Waals surface area (Å²) in [6.07, 6.45) is 4.13. The van der Waals surface area contributed by atoms with E-state index < -0.39 is 5.97 Å². The summed E-state index contributed by atoms with van der Waals surface area (Å²) in [5.74, 6) is -1.51. The molecule has 7 heteroatoms. The number of carboxylic acid groups (broad SMARTS) is 1. The molecule has 2 unspecified atom stereocenters. The smallest absolute Gasteiger partial charge is 0.340 e. The standard InChI is InChI=1S/C12H15N3O3S/c1-6-9(12(17)18)11(19-14-6)15(2)10(16)7-3-4-8(13)5-7/h3-4,7-8H,5,13H2,1-2H3,(H,17,18). The second-order valence-corrected chi connectivity index (χ2v) is 5.29. The molecule has 1 aliphatic rings. The molecule has 1 aromatic rings. The maximum Gasteiger partial charge on any atom is 0.340 e. The Balaban J connectivity index is 2.25. The number of aromatic carboxylic acids is 1. The van der Waals surface area contributed by atoms with Crippen LogP contribution >= 0.6 is 11.5 Å². The van der Waals surface area contributed by atoms with Gasteiger partial charge in [0.1, 0.15) is 10.6 Å². The number of rotatable bonds is 3. The Morgan fingerprint density at radius 2 is 2.21 bits per heavy atom.